The zero-order valence-corrected chi connectivity index (χ0v) is 6.68. The molecule has 0 aromatic rings. The highest BCUT2D eigenvalue weighted by Crippen LogP contribution is 2.31. The summed E-state index contributed by atoms with van der Waals surface area (Å²) < 4.78 is 5.25. The first-order valence-corrected chi connectivity index (χ1v) is 3.72. The van der Waals surface area contributed by atoms with Crippen molar-refractivity contribution in [2.24, 2.45) is 11.3 Å². The van der Waals surface area contributed by atoms with Gasteiger partial charge in [0.25, 0.3) is 0 Å². The highest BCUT2D eigenvalue weighted by atomic mass is 16.5. The molecule has 0 aromatic heterocycles. The van der Waals surface area contributed by atoms with Gasteiger partial charge in [-0.25, -0.2) is 0 Å². The second kappa shape index (κ2) is 2.64. The van der Waals surface area contributed by atoms with Gasteiger partial charge in [0.15, 0.2) is 0 Å². The van der Waals surface area contributed by atoms with E-state index in [-0.39, 0.29) is 5.41 Å². The van der Waals surface area contributed by atoms with Gasteiger partial charge in [-0.3, -0.25) is 0 Å². The molecule has 0 aromatic carbocycles. The van der Waals surface area contributed by atoms with Crippen LogP contribution in [0.5, 0.6) is 0 Å². The van der Waals surface area contributed by atoms with Gasteiger partial charge in [0, 0.05) is 17.9 Å². The van der Waals surface area contributed by atoms with Crippen LogP contribution < -0.4 is 0 Å². The first kappa shape index (κ1) is 7.63. The van der Waals surface area contributed by atoms with E-state index in [0.29, 0.717) is 5.92 Å². The van der Waals surface area contributed by atoms with Crippen LogP contribution in [-0.2, 0) is 4.74 Å². The zero-order valence-electron chi connectivity index (χ0n) is 6.68. The summed E-state index contributed by atoms with van der Waals surface area (Å²) >= 11 is 0. The van der Waals surface area contributed by atoms with Gasteiger partial charge in [0.2, 0.25) is 0 Å². The van der Waals surface area contributed by atoms with Crippen LogP contribution in [0.2, 0.25) is 0 Å². The maximum atomic E-state index is 5.38. The highest BCUT2D eigenvalue weighted by Gasteiger charge is 2.30. The average molecular weight is 138 g/mol. The quantitative estimate of drug-likeness (QED) is 0.501. The van der Waals surface area contributed by atoms with Crippen LogP contribution >= 0.6 is 0 Å². The number of hydrogen-bond donors (Lipinski definition) is 0. The molecule has 10 heavy (non-hydrogen) atoms. The molecule has 1 saturated heterocycles. The van der Waals surface area contributed by atoms with Crippen LogP contribution in [0.4, 0.5) is 0 Å². The molecule has 1 rings (SSSR count). The van der Waals surface area contributed by atoms with Gasteiger partial charge in [0.1, 0.15) is 0 Å². The molecule has 1 aliphatic rings. The minimum atomic E-state index is 0.0243. The zero-order chi connectivity index (χ0) is 7.61. The molecule has 1 aliphatic heterocycles. The van der Waals surface area contributed by atoms with E-state index in [1.807, 2.05) is 0 Å². The standard InChI is InChI=1S/C9H14O/c1-4-9(2,3)8-5-6-10-7-8/h1,8H,5-7H2,2-3H3. The summed E-state index contributed by atoms with van der Waals surface area (Å²) in [6.07, 6.45) is 6.50. The molecule has 0 saturated carbocycles. The van der Waals surface area contributed by atoms with Crippen molar-refractivity contribution in [3.05, 3.63) is 0 Å². The number of rotatable bonds is 1. The van der Waals surface area contributed by atoms with Crippen molar-refractivity contribution < 1.29 is 4.74 Å². The lowest BCUT2D eigenvalue weighted by molar-refractivity contribution is 0.165. The number of hydrogen-bond acceptors (Lipinski definition) is 1. The SMILES string of the molecule is C#CC(C)(C)C1CCOC1. The summed E-state index contributed by atoms with van der Waals surface area (Å²) in [6.45, 7) is 5.94. The van der Waals surface area contributed by atoms with E-state index in [1.165, 1.54) is 0 Å². The molecule has 0 bridgehead atoms. The molecule has 1 heterocycles. The molecule has 1 nitrogen and oxygen atoms in total. The monoisotopic (exact) mass is 138 g/mol. The summed E-state index contributed by atoms with van der Waals surface area (Å²) in [6, 6.07) is 0. The van der Waals surface area contributed by atoms with Crippen LogP contribution in [0.25, 0.3) is 0 Å². The first-order valence-electron chi connectivity index (χ1n) is 3.72. The van der Waals surface area contributed by atoms with E-state index >= 15 is 0 Å². The minimum Gasteiger partial charge on any atom is -0.381 e. The third-order valence-corrected chi connectivity index (χ3v) is 2.32. The molecule has 0 radical (unpaired) electrons. The highest BCUT2D eigenvalue weighted by molar-refractivity contribution is 5.04. The van der Waals surface area contributed by atoms with E-state index in [4.69, 9.17) is 11.2 Å². The smallest absolute Gasteiger partial charge is 0.0509 e. The fourth-order valence-corrected chi connectivity index (χ4v) is 1.22. The molecule has 56 valence electrons. The van der Waals surface area contributed by atoms with E-state index in [2.05, 4.69) is 19.8 Å². The first-order chi connectivity index (χ1) is 4.67. The third kappa shape index (κ3) is 1.33. The molecule has 1 fully saturated rings. The minimum absolute atomic E-state index is 0.0243. The summed E-state index contributed by atoms with van der Waals surface area (Å²) in [4.78, 5) is 0. The van der Waals surface area contributed by atoms with Crippen LogP contribution in [0.1, 0.15) is 20.3 Å². The number of terminal acetylenes is 1. The summed E-state index contributed by atoms with van der Waals surface area (Å²) in [7, 11) is 0. The molecule has 1 unspecified atom stereocenters. The van der Waals surface area contributed by atoms with Crippen LogP contribution in [-0.4, -0.2) is 13.2 Å². The molecule has 0 N–H and O–H groups in total. The molecular formula is C9H14O. The fourth-order valence-electron chi connectivity index (χ4n) is 1.22. The maximum Gasteiger partial charge on any atom is 0.0509 e. The Labute approximate surface area is 62.8 Å². The summed E-state index contributed by atoms with van der Waals surface area (Å²) in [5.41, 5.74) is 0.0243. The van der Waals surface area contributed by atoms with Gasteiger partial charge in [-0.2, -0.15) is 0 Å². The second-order valence-corrected chi connectivity index (χ2v) is 3.43. The predicted molar refractivity (Wildman–Crippen MR) is 41.5 cm³/mol. The van der Waals surface area contributed by atoms with Crippen LogP contribution in [0.15, 0.2) is 0 Å². The van der Waals surface area contributed by atoms with Gasteiger partial charge in [0.05, 0.1) is 6.61 Å². The average Bonchev–Trinajstić information content (AvgIpc) is 2.38. The maximum absolute atomic E-state index is 5.38. The van der Waals surface area contributed by atoms with Crippen LogP contribution in [0.3, 0.4) is 0 Å². The second-order valence-electron chi connectivity index (χ2n) is 3.43. The summed E-state index contributed by atoms with van der Waals surface area (Å²) in [5.74, 6) is 3.37. The lowest BCUT2D eigenvalue weighted by Gasteiger charge is -2.23. The Balaban J connectivity index is 2.56. The fraction of sp³-hybridized carbons (Fsp3) is 0.778. The van der Waals surface area contributed by atoms with Crippen molar-refractivity contribution in [3.8, 4) is 12.3 Å². The molecule has 0 spiro atoms. The topological polar surface area (TPSA) is 9.23 Å². The van der Waals surface area contributed by atoms with E-state index in [0.717, 1.165) is 19.6 Å². The Morgan fingerprint density at radius 2 is 2.30 bits per heavy atom. The van der Waals surface area contributed by atoms with Crippen molar-refractivity contribution in [1.82, 2.24) is 0 Å². The Hall–Kier alpha value is -0.480. The van der Waals surface area contributed by atoms with Gasteiger partial charge in [-0.1, -0.05) is 0 Å². The molecule has 0 amide bonds. The van der Waals surface area contributed by atoms with Crippen molar-refractivity contribution >= 4 is 0 Å². The van der Waals surface area contributed by atoms with Gasteiger partial charge >= 0.3 is 0 Å². The van der Waals surface area contributed by atoms with Crippen molar-refractivity contribution in [1.29, 1.82) is 0 Å². The Bertz CT molecular complexity index is 147. The number of ether oxygens (including phenoxy) is 1. The summed E-state index contributed by atoms with van der Waals surface area (Å²) in [5, 5.41) is 0. The lowest BCUT2D eigenvalue weighted by Crippen LogP contribution is -2.21. The predicted octanol–water partition coefficient (Wildman–Crippen LogP) is 1.68. The Kier molecular flexibility index (Phi) is 2.01. The molecule has 0 aliphatic carbocycles. The van der Waals surface area contributed by atoms with Crippen molar-refractivity contribution in [2.45, 2.75) is 20.3 Å². The van der Waals surface area contributed by atoms with Gasteiger partial charge in [-0.15, -0.1) is 12.3 Å². The normalized spacial score (nSPS) is 26.3. The van der Waals surface area contributed by atoms with Gasteiger partial charge in [-0.05, 0) is 20.3 Å². The van der Waals surface area contributed by atoms with E-state index in [1.54, 1.807) is 0 Å². The third-order valence-electron chi connectivity index (χ3n) is 2.32. The Morgan fingerprint density at radius 1 is 1.60 bits per heavy atom. The lowest BCUT2D eigenvalue weighted by atomic mass is 9.79. The molecule has 1 heteroatoms. The molecular weight excluding hydrogens is 124 g/mol. The van der Waals surface area contributed by atoms with Gasteiger partial charge < -0.3 is 4.74 Å². The van der Waals surface area contributed by atoms with Crippen molar-refractivity contribution in [2.75, 3.05) is 13.2 Å². The largest absolute Gasteiger partial charge is 0.381 e. The Morgan fingerprint density at radius 3 is 2.70 bits per heavy atom. The molecule has 1 atom stereocenters. The van der Waals surface area contributed by atoms with Crippen LogP contribution in [0, 0.1) is 23.7 Å². The van der Waals surface area contributed by atoms with Crippen molar-refractivity contribution in [3.63, 3.8) is 0 Å². The van der Waals surface area contributed by atoms with E-state index < -0.39 is 0 Å². The van der Waals surface area contributed by atoms with E-state index in [9.17, 15) is 0 Å².